The average molecular weight is 247 g/mol. The van der Waals surface area contributed by atoms with E-state index in [0.717, 1.165) is 0 Å². The molecule has 0 aromatic carbocycles. The van der Waals surface area contributed by atoms with E-state index in [0.29, 0.717) is 13.2 Å². The minimum atomic E-state index is -1.20. The number of amides is 1. The molecule has 0 atom stereocenters. The zero-order valence-electron chi connectivity index (χ0n) is 10.9. The monoisotopic (exact) mass is 247 g/mol. The Balaban J connectivity index is 4.02. The molecule has 0 rings (SSSR count). The summed E-state index contributed by atoms with van der Waals surface area (Å²) in [5, 5.41) is 8.96. The molecule has 0 heterocycles. The van der Waals surface area contributed by atoms with Gasteiger partial charge < -0.3 is 19.5 Å². The van der Waals surface area contributed by atoms with E-state index in [4.69, 9.17) is 14.6 Å². The molecular formula is C11H21NO5. The predicted molar refractivity (Wildman–Crippen MR) is 61.8 cm³/mol. The molecular weight excluding hydrogens is 226 g/mol. The molecule has 1 N–H and O–H groups in total. The summed E-state index contributed by atoms with van der Waals surface area (Å²) in [6, 6.07) is 0. The lowest BCUT2D eigenvalue weighted by Crippen LogP contribution is -2.50. The van der Waals surface area contributed by atoms with Crippen LogP contribution in [0.25, 0.3) is 0 Å². The highest BCUT2D eigenvalue weighted by Gasteiger charge is 2.34. The van der Waals surface area contributed by atoms with Gasteiger partial charge in [-0.3, -0.25) is 4.79 Å². The molecule has 0 aromatic rings. The molecule has 0 aliphatic carbocycles. The maximum absolute atomic E-state index is 11.7. The van der Waals surface area contributed by atoms with E-state index in [1.54, 1.807) is 7.11 Å². The van der Waals surface area contributed by atoms with E-state index in [1.807, 2.05) is 0 Å². The van der Waals surface area contributed by atoms with Crippen LogP contribution in [0.1, 0.15) is 20.3 Å². The van der Waals surface area contributed by atoms with E-state index in [1.165, 1.54) is 25.8 Å². The van der Waals surface area contributed by atoms with Gasteiger partial charge in [0.1, 0.15) is 5.54 Å². The Morgan fingerprint density at radius 2 is 1.82 bits per heavy atom. The van der Waals surface area contributed by atoms with Crippen molar-refractivity contribution in [3.05, 3.63) is 0 Å². The molecule has 0 radical (unpaired) electrons. The molecule has 6 heteroatoms. The highest BCUT2D eigenvalue weighted by molar-refractivity contribution is 5.86. The van der Waals surface area contributed by atoms with Gasteiger partial charge in [0.15, 0.2) is 0 Å². The van der Waals surface area contributed by atoms with Gasteiger partial charge in [0.05, 0.1) is 26.2 Å². The third-order valence-electron chi connectivity index (χ3n) is 2.63. The highest BCUT2D eigenvalue weighted by atomic mass is 16.5. The van der Waals surface area contributed by atoms with Gasteiger partial charge in [-0.15, -0.1) is 0 Å². The first-order valence-corrected chi connectivity index (χ1v) is 5.40. The molecule has 0 saturated heterocycles. The predicted octanol–water partition coefficient (Wildman–Crippen LogP) is 0.361. The van der Waals surface area contributed by atoms with E-state index in [9.17, 15) is 9.59 Å². The van der Waals surface area contributed by atoms with Gasteiger partial charge in [-0.05, 0) is 13.8 Å². The van der Waals surface area contributed by atoms with Crippen molar-refractivity contribution in [2.24, 2.45) is 0 Å². The Hall–Kier alpha value is -1.14. The first-order valence-electron chi connectivity index (χ1n) is 5.40. The molecule has 0 aliphatic heterocycles. The molecule has 0 fully saturated rings. The van der Waals surface area contributed by atoms with Gasteiger partial charge >= 0.3 is 5.97 Å². The van der Waals surface area contributed by atoms with Crippen molar-refractivity contribution in [2.75, 3.05) is 34.0 Å². The lowest BCUT2D eigenvalue weighted by Gasteiger charge is -2.31. The summed E-state index contributed by atoms with van der Waals surface area (Å²) in [5.74, 6) is -1.29. The van der Waals surface area contributed by atoms with E-state index in [-0.39, 0.29) is 18.9 Å². The second kappa shape index (κ2) is 7.24. The lowest BCUT2D eigenvalue weighted by atomic mass is 10.0. The molecule has 17 heavy (non-hydrogen) atoms. The van der Waals surface area contributed by atoms with Crippen LogP contribution >= 0.6 is 0 Å². The fourth-order valence-electron chi connectivity index (χ4n) is 1.03. The van der Waals surface area contributed by atoms with Crippen LogP contribution in [0.2, 0.25) is 0 Å². The summed E-state index contributed by atoms with van der Waals surface area (Å²) in [6.07, 6.45) is 0.164. The van der Waals surface area contributed by atoms with Crippen LogP contribution in [-0.2, 0) is 19.1 Å². The number of carbonyl (C=O) groups is 2. The van der Waals surface area contributed by atoms with Gasteiger partial charge in [-0.2, -0.15) is 0 Å². The van der Waals surface area contributed by atoms with Gasteiger partial charge in [-0.1, -0.05) is 0 Å². The summed E-state index contributed by atoms with van der Waals surface area (Å²) < 4.78 is 9.93. The van der Waals surface area contributed by atoms with Crippen LogP contribution in [0.3, 0.4) is 0 Å². The van der Waals surface area contributed by atoms with E-state index in [2.05, 4.69) is 0 Å². The summed E-state index contributed by atoms with van der Waals surface area (Å²) in [5.41, 5.74) is -1.20. The smallest absolute Gasteiger partial charge is 0.329 e. The topological polar surface area (TPSA) is 76.1 Å². The Kier molecular flexibility index (Phi) is 6.75. The van der Waals surface area contributed by atoms with Crippen LogP contribution in [0.4, 0.5) is 0 Å². The minimum Gasteiger partial charge on any atom is -0.480 e. The first-order chi connectivity index (χ1) is 7.84. The number of nitrogens with zero attached hydrogens (tertiary/aromatic N) is 1. The Bertz CT molecular complexity index is 265. The second-order valence-corrected chi connectivity index (χ2v) is 4.17. The quantitative estimate of drug-likeness (QED) is 0.627. The number of hydrogen-bond acceptors (Lipinski definition) is 4. The van der Waals surface area contributed by atoms with Crippen LogP contribution in [-0.4, -0.2) is 61.4 Å². The minimum absolute atomic E-state index is 0.164. The Morgan fingerprint density at radius 3 is 2.29 bits per heavy atom. The standard InChI is InChI=1S/C11H21NO5/c1-11(2,10(14)15)12(3)9(13)5-6-17-8-7-16-4/h5-8H2,1-4H3,(H,14,15). The normalized spacial score (nSPS) is 11.3. The molecule has 0 unspecified atom stereocenters. The number of carboxylic acids is 1. The zero-order valence-corrected chi connectivity index (χ0v) is 10.9. The molecule has 0 bridgehead atoms. The molecule has 0 aromatic heterocycles. The summed E-state index contributed by atoms with van der Waals surface area (Å²) in [7, 11) is 3.04. The van der Waals surface area contributed by atoms with E-state index >= 15 is 0 Å². The molecule has 0 saturated carbocycles. The summed E-state index contributed by atoms with van der Waals surface area (Å²) in [6.45, 7) is 4.14. The number of ether oxygens (including phenoxy) is 2. The molecule has 100 valence electrons. The average Bonchev–Trinajstić information content (AvgIpc) is 2.27. The van der Waals surface area contributed by atoms with Crippen molar-refractivity contribution in [1.82, 2.24) is 4.90 Å². The van der Waals surface area contributed by atoms with Gasteiger partial charge in [0, 0.05) is 14.2 Å². The third-order valence-corrected chi connectivity index (χ3v) is 2.63. The van der Waals surface area contributed by atoms with Gasteiger partial charge in [0.2, 0.25) is 5.91 Å². The maximum atomic E-state index is 11.7. The highest BCUT2D eigenvalue weighted by Crippen LogP contribution is 2.13. The number of carbonyl (C=O) groups excluding carboxylic acids is 1. The Morgan fingerprint density at radius 1 is 1.24 bits per heavy atom. The van der Waals surface area contributed by atoms with Crippen LogP contribution < -0.4 is 0 Å². The number of hydrogen-bond donors (Lipinski definition) is 1. The van der Waals surface area contributed by atoms with Crippen molar-refractivity contribution >= 4 is 11.9 Å². The Labute approximate surface area is 101 Å². The molecule has 6 nitrogen and oxygen atoms in total. The van der Waals surface area contributed by atoms with Crippen LogP contribution in [0, 0.1) is 0 Å². The second-order valence-electron chi connectivity index (χ2n) is 4.17. The van der Waals surface area contributed by atoms with E-state index < -0.39 is 11.5 Å². The van der Waals surface area contributed by atoms with Crippen molar-refractivity contribution in [1.29, 1.82) is 0 Å². The first kappa shape index (κ1) is 15.9. The largest absolute Gasteiger partial charge is 0.480 e. The number of carboxylic acid groups (broad SMARTS) is 1. The fraction of sp³-hybridized carbons (Fsp3) is 0.818. The summed E-state index contributed by atoms with van der Waals surface area (Å²) >= 11 is 0. The number of aliphatic carboxylic acids is 1. The SMILES string of the molecule is COCCOCCC(=O)N(C)C(C)(C)C(=O)O. The number of likely N-dealkylation sites (N-methyl/N-ethyl adjacent to an activating group) is 1. The lowest BCUT2D eigenvalue weighted by molar-refractivity contribution is -0.155. The number of rotatable bonds is 8. The van der Waals surface area contributed by atoms with Crippen LogP contribution in [0.5, 0.6) is 0 Å². The molecule has 0 aliphatic rings. The zero-order chi connectivity index (χ0) is 13.5. The molecule has 0 spiro atoms. The van der Waals surface area contributed by atoms with Crippen LogP contribution in [0.15, 0.2) is 0 Å². The number of methoxy groups -OCH3 is 1. The maximum Gasteiger partial charge on any atom is 0.329 e. The summed E-state index contributed by atoms with van der Waals surface area (Å²) in [4.78, 5) is 23.8. The van der Waals surface area contributed by atoms with Gasteiger partial charge in [-0.25, -0.2) is 4.79 Å². The van der Waals surface area contributed by atoms with Crippen molar-refractivity contribution < 1.29 is 24.2 Å². The van der Waals surface area contributed by atoms with Crippen molar-refractivity contribution in [3.63, 3.8) is 0 Å². The molecule has 1 amide bonds. The van der Waals surface area contributed by atoms with Gasteiger partial charge in [0.25, 0.3) is 0 Å². The van der Waals surface area contributed by atoms with Crippen molar-refractivity contribution in [2.45, 2.75) is 25.8 Å². The third kappa shape index (κ3) is 5.14. The van der Waals surface area contributed by atoms with Crippen molar-refractivity contribution in [3.8, 4) is 0 Å². The fourth-order valence-corrected chi connectivity index (χ4v) is 1.03.